The topological polar surface area (TPSA) is 41.9 Å². The van der Waals surface area contributed by atoms with Crippen molar-refractivity contribution in [3.05, 3.63) is 42.7 Å². The van der Waals surface area contributed by atoms with Gasteiger partial charge in [-0.25, -0.2) is 4.98 Å². The first kappa shape index (κ1) is 9.51. The Morgan fingerprint density at radius 2 is 1.87 bits per heavy atom. The van der Waals surface area contributed by atoms with Gasteiger partial charge in [-0.3, -0.25) is 0 Å². The zero-order valence-electron chi connectivity index (χ0n) is 8.13. The van der Waals surface area contributed by atoms with Gasteiger partial charge >= 0.3 is 6.08 Å². The third-order valence-corrected chi connectivity index (χ3v) is 1.97. The number of para-hydroxylation sites is 1. The van der Waals surface area contributed by atoms with Crippen LogP contribution in [0.25, 0.3) is 0 Å². The first-order valence-corrected chi connectivity index (χ1v) is 4.40. The van der Waals surface area contributed by atoms with Gasteiger partial charge in [0.2, 0.25) is 5.95 Å². The molecule has 0 saturated carbocycles. The van der Waals surface area contributed by atoms with E-state index in [0.29, 0.717) is 0 Å². The second-order valence-corrected chi connectivity index (χ2v) is 2.95. The van der Waals surface area contributed by atoms with E-state index in [1.807, 2.05) is 30.3 Å². The summed E-state index contributed by atoms with van der Waals surface area (Å²) in [5.41, 5.74) is 0.892. The van der Waals surface area contributed by atoms with Crippen LogP contribution in [-0.4, -0.2) is 22.0 Å². The van der Waals surface area contributed by atoms with Crippen molar-refractivity contribution < 1.29 is 4.39 Å². The molecule has 76 valence electrons. The summed E-state index contributed by atoms with van der Waals surface area (Å²) in [6, 6.07) is 9.47. The smallest absolute Gasteiger partial charge is 0.313 e. The van der Waals surface area contributed by atoms with E-state index in [-0.39, 0.29) is 5.95 Å². The number of rotatable bonds is 2. The molecule has 1 aromatic carbocycles. The lowest BCUT2D eigenvalue weighted by molar-refractivity contribution is 0.532. The monoisotopic (exact) mass is 204 g/mol. The van der Waals surface area contributed by atoms with Gasteiger partial charge < -0.3 is 4.90 Å². The Morgan fingerprint density at radius 1 is 1.13 bits per heavy atom. The van der Waals surface area contributed by atoms with Crippen molar-refractivity contribution in [2.75, 3.05) is 11.9 Å². The number of nitrogens with zero attached hydrogens (tertiary/aromatic N) is 4. The maximum Gasteiger partial charge on any atom is 0.313 e. The molecule has 0 aliphatic rings. The Hall–Kier alpha value is -2.04. The summed E-state index contributed by atoms with van der Waals surface area (Å²) in [7, 11) is 1.77. The predicted molar refractivity (Wildman–Crippen MR) is 54.3 cm³/mol. The van der Waals surface area contributed by atoms with Crippen LogP contribution >= 0.6 is 0 Å². The molecule has 0 amide bonds. The summed E-state index contributed by atoms with van der Waals surface area (Å²) in [5, 5.41) is 0. The highest BCUT2D eigenvalue weighted by molar-refractivity contribution is 5.55. The molecule has 0 saturated heterocycles. The highest BCUT2D eigenvalue weighted by Gasteiger charge is 2.07. The van der Waals surface area contributed by atoms with Crippen molar-refractivity contribution in [2.24, 2.45) is 0 Å². The maximum atomic E-state index is 12.8. The molecule has 2 rings (SSSR count). The van der Waals surface area contributed by atoms with Crippen LogP contribution in [0.3, 0.4) is 0 Å². The van der Waals surface area contributed by atoms with Crippen LogP contribution in [0.5, 0.6) is 0 Å². The second-order valence-electron chi connectivity index (χ2n) is 2.95. The van der Waals surface area contributed by atoms with Gasteiger partial charge in [0.15, 0.2) is 0 Å². The lowest BCUT2D eigenvalue weighted by atomic mass is 10.3. The molecule has 0 N–H and O–H groups in total. The van der Waals surface area contributed by atoms with Crippen molar-refractivity contribution in [3.8, 4) is 0 Å². The highest BCUT2D eigenvalue weighted by atomic mass is 19.1. The van der Waals surface area contributed by atoms with Gasteiger partial charge in [-0.2, -0.15) is 14.4 Å². The summed E-state index contributed by atoms with van der Waals surface area (Å²) in [4.78, 5) is 12.5. The summed E-state index contributed by atoms with van der Waals surface area (Å²) in [5.74, 6) is 0.286. The molecule has 15 heavy (non-hydrogen) atoms. The van der Waals surface area contributed by atoms with Crippen LogP contribution in [0.1, 0.15) is 0 Å². The van der Waals surface area contributed by atoms with E-state index < -0.39 is 6.08 Å². The van der Waals surface area contributed by atoms with E-state index in [0.717, 1.165) is 12.0 Å². The number of benzene rings is 1. The fourth-order valence-corrected chi connectivity index (χ4v) is 1.20. The molecule has 4 nitrogen and oxygen atoms in total. The van der Waals surface area contributed by atoms with Gasteiger partial charge in [0, 0.05) is 12.7 Å². The molecule has 0 spiro atoms. The normalized spacial score (nSPS) is 10.0. The third kappa shape index (κ3) is 2.07. The van der Waals surface area contributed by atoms with E-state index in [4.69, 9.17) is 0 Å². The molecule has 1 aromatic heterocycles. The lowest BCUT2D eigenvalue weighted by Crippen LogP contribution is -2.13. The van der Waals surface area contributed by atoms with Gasteiger partial charge in [-0.15, -0.1) is 0 Å². The largest absolute Gasteiger partial charge is 0.313 e. The SMILES string of the molecule is CN(c1ccccc1)c1ncnc(F)n1. The van der Waals surface area contributed by atoms with Gasteiger partial charge in [0.05, 0.1) is 0 Å². The van der Waals surface area contributed by atoms with Crippen molar-refractivity contribution >= 4 is 11.6 Å². The van der Waals surface area contributed by atoms with Crippen LogP contribution in [0.2, 0.25) is 0 Å². The minimum absolute atomic E-state index is 0.286. The molecular formula is C10H9FN4. The Bertz CT molecular complexity index is 446. The molecule has 0 bridgehead atoms. The van der Waals surface area contributed by atoms with Crippen LogP contribution < -0.4 is 4.90 Å². The number of anilines is 2. The van der Waals surface area contributed by atoms with Crippen molar-refractivity contribution in [1.82, 2.24) is 15.0 Å². The molecule has 5 heteroatoms. The molecule has 0 aliphatic carbocycles. The lowest BCUT2D eigenvalue weighted by Gasteiger charge is -2.15. The fraction of sp³-hybridized carbons (Fsp3) is 0.100. The molecule has 0 radical (unpaired) electrons. The Kier molecular flexibility index (Phi) is 2.53. The number of hydrogen-bond acceptors (Lipinski definition) is 4. The third-order valence-electron chi connectivity index (χ3n) is 1.97. The van der Waals surface area contributed by atoms with E-state index in [2.05, 4.69) is 15.0 Å². The minimum atomic E-state index is -0.775. The molecule has 0 aliphatic heterocycles. The number of hydrogen-bond donors (Lipinski definition) is 0. The molecule has 1 heterocycles. The standard InChI is InChI=1S/C10H9FN4/c1-15(8-5-3-2-4-6-8)10-13-7-12-9(11)14-10/h2-7H,1H3. The van der Waals surface area contributed by atoms with E-state index in [1.54, 1.807) is 11.9 Å². The summed E-state index contributed by atoms with van der Waals surface area (Å²) in [6.45, 7) is 0. The van der Waals surface area contributed by atoms with Gasteiger partial charge in [0.25, 0.3) is 0 Å². The summed E-state index contributed by atoms with van der Waals surface area (Å²) in [6.07, 6.45) is 0.375. The quantitative estimate of drug-likeness (QED) is 0.747. The average Bonchev–Trinajstić information content (AvgIpc) is 2.29. The fourth-order valence-electron chi connectivity index (χ4n) is 1.20. The second kappa shape index (κ2) is 4.00. The van der Waals surface area contributed by atoms with Gasteiger partial charge in [-0.1, -0.05) is 18.2 Å². The number of halogens is 1. The molecular weight excluding hydrogens is 195 g/mol. The van der Waals surface area contributed by atoms with Crippen LogP contribution in [0, 0.1) is 6.08 Å². The Morgan fingerprint density at radius 3 is 2.53 bits per heavy atom. The van der Waals surface area contributed by atoms with Crippen LogP contribution in [0.4, 0.5) is 16.0 Å². The van der Waals surface area contributed by atoms with Crippen molar-refractivity contribution in [1.29, 1.82) is 0 Å². The minimum Gasteiger partial charge on any atom is -0.313 e. The molecule has 0 fully saturated rings. The van der Waals surface area contributed by atoms with Crippen LogP contribution in [-0.2, 0) is 0 Å². The first-order chi connectivity index (χ1) is 7.27. The maximum absolute atomic E-state index is 12.8. The Labute approximate surface area is 86.4 Å². The van der Waals surface area contributed by atoms with E-state index >= 15 is 0 Å². The first-order valence-electron chi connectivity index (χ1n) is 4.40. The molecule has 2 aromatic rings. The summed E-state index contributed by atoms with van der Waals surface area (Å²) < 4.78 is 12.8. The van der Waals surface area contributed by atoms with E-state index in [1.165, 1.54) is 0 Å². The molecule has 0 unspecified atom stereocenters. The number of aromatic nitrogens is 3. The zero-order chi connectivity index (χ0) is 10.7. The molecule has 0 atom stereocenters. The summed E-state index contributed by atoms with van der Waals surface area (Å²) >= 11 is 0. The van der Waals surface area contributed by atoms with Crippen molar-refractivity contribution in [3.63, 3.8) is 0 Å². The van der Waals surface area contributed by atoms with Crippen molar-refractivity contribution in [2.45, 2.75) is 0 Å². The zero-order valence-corrected chi connectivity index (χ0v) is 8.13. The van der Waals surface area contributed by atoms with Gasteiger partial charge in [-0.05, 0) is 12.1 Å². The average molecular weight is 204 g/mol. The van der Waals surface area contributed by atoms with E-state index in [9.17, 15) is 4.39 Å². The van der Waals surface area contributed by atoms with Crippen LogP contribution in [0.15, 0.2) is 36.7 Å². The Balaban J connectivity index is 2.32. The highest BCUT2D eigenvalue weighted by Crippen LogP contribution is 2.18. The predicted octanol–water partition coefficient (Wildman–Crippen LogP) is 1.78. The van der Waals surface area contributed by atoms with Gasteiger partial charge in [0.1, 0.15) is 6.33 Å².